The molecule has 2 N–H and O–H groups in total. The molecule has 0 unspecified atom stereocenters. The van der Waals surface area contributed by atoms with Gasteiger partial charge in [-0.15, -0.1) is 0 Å². The van der Waals surface area contributed by atoms with Gasteiger partial charge in [-0.2, -0.15) is 0 Å². The summed E-state index contributed by atoms with van der Waals surface area (Å²) in [4.78, 5) is 9.97. The minimum atomic E-state index is -0.648. The van der Waals surface area contributed by atoms with Crippen molar-refractivity contribution >= 4 is 17.3 Å². The highest BCUT2D eigenvalue weighted by Gasteiger charge is 2.18. The number of benzene rings is 1. The average Bonchev–Trinajstić information content (AvgIpc) is 2.22. The number of hydrogen-bond acceptors (Lipinski definition) is 4. The maximum atomic E-state index is 10.6. The molecule has 6 heteroatoms. The molecule has 1 rings (SSSR count). The van der Waals surface area contributed by atoms with Crippen LogP contribution in [0, 0.1) is 10.1 Å². The lowest BCUT2D eigenvalue weighted by Gasteiger charge is -2.06. The van der Waals surface area contributed by atoms with Crippen molar-refractivity contribution in [1.29, 1.82) is 0 Å². The first kappa shape index (κ1) is 12.7. The fourth-order valence-electron chi connectivity index (χ4n) is 1.31. The van der Waals surface area contributed by atoms with Crippen LogP contribution in [0.15, 0.2) is 12.1 Å². The van der Waals surface area contributed by atoms with Gasteiger partial charge in [-0.3, -0.25) is 10.1 Å². The van der Waals surface area contributed by atoms with E-state index in [1.165, 1.54) is 6.07 Å². The molecule has 0 aliphatic carbocycles. The normalized spacial score (nSPS) is 10.4. The molecule has 0 aliphatic heterocycles. The minimum Gasteiger partial charge on any atom is -0.502 e. The molecule has 0 saturated carbocycles. The predicted octanol–water partition coefficient (Wildman–Crippen LogP) is 2.45. The molecule has 0 aromatic heterocycles. The van der Waals surface area contributed by atoms with E-state index in [9.17, 15) is 15.2 Å². The van der Waals surface area contributed by atoms with Gasteiger partial charge in [0, 0.05) is 23.2 Å². The standard InChI is InChI=1S/C10H13ClN2O3/c1-2-3-12-6-7-4-8(11)5-9(10(7)14)13(15)16/h4-5,12,14H,2-3,6H2,1H3. The summed E-state index contributed by atoms with van der Waals surface area (Å²) in [6.07, 6.45) is 0.948. The molecule has 0 bridgehead atoms. The summed E-state index contributed by atoms with van der Waals surface area (Å²) in [5, 5.41) is 23.6. The van der Waals surface area contributed by atoms with Crippen molar-refractivity contribution in [1.82, 2.24) is 5.32 Å². The summed E-state index contributed by atoms with van der Waals surface area (Å²) in [6, 6.07) is 2.66. The number of nitrogens with zero attached hydrogens (tertiary/aromatic N) is 1. The van der Waals surface area contributed by atoms with Crippen LogP contribution in [0.4, 0.5) is 5.69 Å². The van der Waals surface area contributed by atoms with Crippen LogP contribution in [0.3, 0.4) is 0 Å². The molecule has 16 heavy (non-hydrogen) atoms. The minimum absolute atomic E-state index is 0.248. The zero-order valence-corrected chi connectivity index (χ0v) is 9.62. The lowest BCUT2D eigenvalue weighted by molar-refractivity contribution is -0.385. The Morgan fingerprint density at radius 2 is 2.25 bits per heavy atom. The van der Waals surface area contributed by atoms with E-state index in [1.54, 1.807) is 0 Å². The molecule has 0 spiro atoms. The number of aromatic hydroxyl groups is 1. The molecular formula is C10H13ClN2O3. The Balaban J connectivity index is 2.95. The van der Waals surface area contributed by atoms with Crippen molar-refractivity contribution in [2.24, 2.45) is 0 Å². The number of halogens is 1. The number of nitrogens with one attached hydrogen (secondary N) is 1. The molecule has 0 atom stereocenters. The summed E-state index contributed by atoms with van der Waals surface area (Å²) in [6.45, 7) is 3.15. The molecule has 0 heterocycles. The largest absolute Gasteiger partial charge is 0.502 e. The Kier molecular flexibility index (Phi) is 4.52. The second-order valence-electron chi connectivity index (χ2n) is 3.37. The van der Waals surface area contributed by atoms with Gasteiger partial charge in [0.1, 0.15) is 0 Å². The Hall–Kier alpha value is -1.33. The van der Waals surface area contributed by atoms with Crippen LogP contribution in [-0.2, 0) is 6.54 Å². The van der Waals surface area contributed by atoms with Crippen molar-refractivity contribution in [3.05, 3.63) is 32.8 Å². The third kappa shape index (κ3) is 3.08. The van der Waals surface area contributed by atoms with E-state index < -0.39 is 4.92 Å². The Morgan fingerprint density at radius 1 is 1.56 bits per heavy atom. The maximum Gasteiger partial charge on any atom is 0.312 e. The van der Waals surface area contributed by atoms with E-state index in [-0.39, 0.29) is 16.5 Å². The lowest BCUT2D eigenvalue weighted by atomic mass is 10.1. The van der Waals surface area contributed by atoms with Crippen LogP contribution >= 0.6 is 11.6 Å². The summed E-state index contributed by atoms with van der Waals surface area (Å²) in [5.74, 6) is -0.321. The second-order valence-corrected chi connectivity index (χ2v) is 3.80. The van der Waals surface area contributed by atoms with E-state index >= 15 is 0 Å². The molecule has 0 saturated heterocycles. The molecule has 88 valence electrons. The van der Waals surface area contributed by atoms with Gasteiger partial charge in [0.05, 0.1) is 4.92 Å². The van der Waals surface area contributed by atoms with Gasteiger partial charge in [0.25, 0.3) is 0 Å². The number of nitro groups is 1. The third-order valence-corrected chi connectivity index (χ3v) is 2.29. The highest BCUT2D eigenvalue weighted by Crippen LogP contribution is 2.33. The lowest BCUT2D eigenvalue weighted by Crippen LogP contribution is -2.14. The number of phenols is 1. The van der Waals surface area contributed by atoms with E-state index in [1.807, 2.05) is 6.92 Å². The molecule has 0 aliphatic rings. The molecule has 1 aromatic carbocycles. The van der Waals surface area contributed by atoms with Crippen LogP contribution in [0.25, 0.3) is 0 Å². The van der Waals surface area contributed by atoms with Gasteiger partial charge in [0.15, 0.2) is 5.75 Å². The van der Waals surface area contributed by atoms with Gasteiger partial charge in [-0.05, 0) is 19.0 Å². The zero-order valence-electron chi connectivity index (χ0n) is 8.86. The van der Waals surface area contributed by atoms with E-state index in [0.717, 1.165) is 19.0 Å². The van der Waals surface area contributed by atoms with Gasteiger partial charge in [0.2, 0.25) is 0 Å². The molecule has 0 fully saturated rings. The van der Waals surface area contributed by atoms with Crippen molar-refractivity contribution in [3.63, 3.8) is 0 Å². The van der Waals surface area contributed by atoms with Gasteiger partial charge in [-0.1, -0.05) is 18.5 Å². The van der Waals surface area contributed by atoms with Crippen LogP contribution < -0.4 is 5.32 Å². The molecule has 5 nitrogen and oxygen atoms in total. The summed E-state index contributed by atoms with van der Waals surface area (Å²) < 4.78 is 0. The van der Waals surface area contributed by atoms with Crippen LogP contribution in [-0.4, -0.2) is 16.6 Å². The monoisotopic (exact) mass is 244 g/mol. The molecule has 0 amide bonds. The number of nitro benzene ring substituents is 1. The van der Waals surface area contributed by atoms with Crippen LogP contribution in [0.2, 0.25) is 5.02 Å². The van der Waals surface area contributed by atoms with E-state index in [0.29, 0.717) is 12.1 Å². The number of rotatable bonds is 5. The molecular weight excluding hydrogens is 232 g/mol. The summed E-state index contributed by atoms with van der Waals surface area (Å²) in [7, 11) is 0. The maximum absolute atomic E-state index is 10.6. The number of phenolic OH excluding ortho intramolecular Hbond substituents is 1. The van der Waals surface area contributed by atoms with Crippen LogP contribution in [0.5, 0.6) is 5.75 Å². The summed E-state index contributed by atoms with van der Waals surface area (Å²) >= 11 is 5.74. The molecule has 1 aromatic rings. The number of hydrogen-bond donors (Lipinski definition) is 2. The SMILES string of the molecule is CCCNCc1cc(Cl)cc([N+](=O)[O-])c1O. The third-order valence-electron chi connectivity index (χ3n) is 2.07. The van der Waals surface area contributed by atoms with Crippen molar-refractivity contribution in [2.45, 2.75) is 19.9 Å². The smallest absolute Gasteiger partial charge is 0.312 e. The van der Waals surface area contributed by atoms with E-state index in [4.69, 9.17) is 11.6 Å². The summed E-state index contributed by atoms with van der Waals surface area (Å²) in [5.41, 5.74) is 0.0773. The Morgan fingerprint density at radius 3 is 2.81 bits per heavy atom. The highest BCUT2D eigenvalue weighted by atomic mass is 35.5. The Bertz CT molecular complexity index is 396. The zero-order chi connectivity index (χ0) is 12.1. The van der Waals surface area contributed by atoms with Crippen molar-refractivity contribution < 1.29 is 10.0 Å². The first-order chi connectivity index (χ1) is 7.56. The van der Waals surface area contributed by atoms with E-state index in [2.05, 4.69) is 5.32 Å². The predicted molar refractivity (Wildman–Crippen MR) is 61.8 cm³/mol. The highest BCUT2D eigenvalue weighted by molar-refractivity contribution is 6.31. The van der Waals surface area contributed by atoms with Crippen molar-refractivity contribution in [2.75, 3.05) is 6.54 Å². The van der Waals surface area contributed by atoms with Crippen molar-refractivity contribution in [3.8, 4) is 5.75 Å². The topological polar surface area (TPSA) is 75.4 Å². The fraction of sp³-hybridized carbons (Fsp3) is 0.400. The average molecular weight is 245 g/mol. The fourth-order valence-corrected chi connectivity index (χ4v) is 1.55. The van der Waals surface area contributed by atoms with Gasteiger partial charge in [-0.25, -0.2) is 0 Å². The quantitative estimate of drug-likeness (QED) is 0.474. The van der Waals surface area contributed by atoms with Gasteiger partial charge >= 0.3 is 5.69 Å². The van der Waals surface area contributed by atoms with Crippen LogP contribution in [0.1, 0.15) is 18.9 Å². The first-order valence-corrected chi connectivity index (χ1v) is 5.30. The first-order valence-electron chi connectivity index (χ1n) is 4.92. The van der Waals surface area contributed by atoms with Gasteiger partial charge < -0.3 is 10.4 Å². The second kappa shape index (κ2) is 5.67. The Labute approximate surface area is 98.2 Å². The molecule has 0 radical (unpaired) electrons.